The van der Waals surface area contributed by atoms with Crippen LogP contribution in [0, 0.1) is 0 Å². The molecule has 1 aliphatic carbocycles. The first-order valence-corrected chi connectivity index (χ1v) is 9.73. The highest BCUT2D eigenvalue weighted by atomic mass is 35.5. The van der Waals surface area contributed by atoms with E-state index in [2.05, 4.69) is 10.6 Å². The van der Waals surface area contributed by atoms with Crippen molar-refractivity contribution in [3.63, 3.8) is 0 Å². The molecule has 0 aromatic heterocycles. The molecule has 1 fully saturated rings. The topological polar surface area (TPSA) is 103 Å². The van der Waals surface area contributed by atoms with E-state index >= 15 is 0 Å². The van der Waals surface area contributed by atoms with Gasteiger partial charge in [0.1, 0.15) is 13.2 Å². The van der Waals surface area contributed by atoms with Crippen LogP contribution in [0.5, 0.6) is 11.5 Å². The van der Waals surface area contributed by atoms with E-state index in [1.165, 1.54) is 19.1 Å². The number of halogens is 1. The molecule has 1 saturated carbocycles. The SMILES string of the molecule is CC(OC(=O)c1cc(Cl)c2c(c1)OCCO2)C(=O)NC(=O)NC1CCCCC1. The zero-order valence-corrected chi connectivity index (χ0v) is 16.3. The van der Waals surface area contributed by atoms with Gasteiger partial charge in [0.2, 0.25) is 0 Å². The molecule has 1 aliphatic heterocycles. The van der Waals surface area contributed by atoms with Crippen molar-refractivity contribution in [2.24, 2.45) is 0 Å². The number of nitrogens with one attached hydrogen (secondary N) is 2. The van der Waals surface area contributed by atoms with Gasteiger partial charge in [-0.15, -0.1) is 0 Å². The van der Waals surface area contributed by atoms with Gasteiger partial charge in [-0.25, -0.2) is 9.59 Å². The Morgan fingerprint density at radius 1 is 1.14 bits per heavy atom. The quantitative estimate of drug-likeness (QED) is 0.740. The van der Waals surface area contributed by atoms with Crippen LogP contribution in [0.25, 0.3) is 0 Å². The molecule has 2 N–H and O–H groups in total. The molecule has 0 bridgehead atoms. The third-order valence-electron chi connectivity index (χ3n) is 4.66. The number of amides is 3. The maximum Gasteiger partial charge on any atom is 0.339 e. The molecule has 1 unspecified atom stereocenters. The zero-order valence-electron chi connectivity index (χ0n) is 15.6. The van der Waals surface area contributed by atoms with Crippen LogP contribution >= 0.6 is 11.6 Å². The van der Waals surface area contributed by atoms with Crippen LogP contribution in [-0.2, 0) is 9.53 Å². The van der Waals surface area contributed by atoms with Crippen molar-refractivity contribution in [3.05, 3.63) is 22.7 Å². The van der Waals surface area contributed by atoms with Gasteiger partial charge in [0.05, 0.1) is 10.6 Å². The fourth-order valence-corrected chi connectivity index (χ4v) is 3.46. The number of benzene rings is 1. The molecule has 9 heteroatoms. The third kappa shape index (κ3) is 5.07. The van der Waals surface area contributed by atoms with Crippen molar-refractivity contribution in [2.45, 2.75) is 51.2 Å². The Balaban J connectivity index is 1.54. The molecular formula is C19H23ClN2O6. The minimum Gasteiger partial charge on any atom is -0.486 e. The standard InChI is InChI=1S/C19H23ClN2O6/c1-11(17(23)22-19(25)21-13-5-3-2-4-6-13)28-18(24)12-9-14(20)16-15(10-12)26-7-8-27-16/h9-11,13H,2-8H2,1H3,(H2,21,22,23,25). The number of carbonyl (C=O) groups is 3. The van der Waals surface area contributed by atoms with Gasteiger partial charge in [-0.2, -0.15) is 0 Å². The van der Waals surface area contributed by atoms with Gasteiger partial charge in [0.25, 0.3) is 5.91 Å². The van der Waals surface area contributed by atoms with Crippen LogP contribution in [-0.4, -0.2) is 43.3 Å². The van der Waals surface area contributed by atoms with E-state index in [1.54, 1.807) is 0 Å². The molecule has 0 saturated heterocycles. The number of imide groups is 1. The second kappa shape index (κ2) is 9.14. The predicted molar refractivity (Wildman–Crippen MR) is 101 cm³/mol. The monoisotopic (exact) mass is 410 g/mol. The summed E-state index contributed by atoms with van der Waals surface area (Å²) in [5.74, 6) is -0.746. The molecule has 3 amide bonds. The molecule has 1 aromatic carbocycles. The average molecular weight is 411 g/mol. The van der Waals surface area contributed by atoms with Gasteiger partial charge in [-0.05, 0) is 31.9 Å². The molecule has 1 atom stereocenters. The fourth-order valence-electron chi connectivity index (χ4n) is 3.19. The highest BCUT2D eigenvalue weighted by Gasteiger charge is 2.25. The predicted octanol–water partition coefficient (Wildman–Crippen LogP) is 2.82. The molecule has 1 heterocycles. The normalized spacial score (nSPS) is 17.4. The van der Waals surface area contributed by atoms with E-state index in [4.69, 9.17) is 25.8 Å². The number of urea groups is 1. The van der Waals surface area contributed by atoms with Gasteiger partial charge in [-0.1, -0.05) is 30.9 Å². The molecule has 8 nitrogen and oxygen atoms in total. The van der Waals surface area contributed by atoms with Gasteiger partial charge in [0.15, 0.2) is 17.6 Å². The fraction of sp³-hybridized carbons (Fsp3) is 0.526. The molecule has 3 rings (SSSR count). The van der Waals surface area contributed by atoms with Crippen LogP contribution in [0.1, 0.15) is 49.4 Å². The minimum atomic E-state index is -1.16. The summed E-state index contributed by atoms with van der Waals surface area (Å²) in [6.07, 6.45) is 3.93. The van der Waals surface area contributed by atoms with Crippen molar-refractivity contribution in [3.8, 4) is 11.5 Å². The van der Waals surface area contributed by atoms with Gasteiger partial charge >= 0.3 is 12.0 Å². The second-order valence-corrected chi connectivity index (χ2v) is 7.23. The Kier molecular flexibility index (Phi) is 6.61. The third-order valence-corrected chi connectivity index (χ3v) is 4.94. The maximum atomic E-state index is 12.3. The number of hydrogen-bond donors (Lipinski definition) is 2. The van der Waals surface area contributed by atoms with Crippen molar-refractivity contribution < 1.29 is 28.6 Å². The van der Waals surface area contributed by atoms with Crippen molar-refractivity contribution in [1.82, 2.24) is 10.6 Å². The van der Waals surface area contributed by atoms with Crippen LogP contribution in [0.15, 0.2) is 12.1 Å². The average Bonchev–Trinajstić information content (AvgIpc) is 2.68. The second-order valence-electron chi connectivity index (χ2n) is 6.83. The Morgan fingerprint density at radius 3 is 2.61 bits per heavy atom. The van der Waals surface area contributed by atoms with Gasteiger partial charge < -0.3 is 19.5 Å². The zero-order chi connectivity index (χ0) is 20.1. The number of carbonyl (C=O) groups excluding carboxylic acids is 3. The first-order valence-electron chi connectivity index (χ1n) is 9.35. The van der Waals surface area contributed by atoms with E-state index < -0.39 is 24.0 Å². The molecular weight excluding hydrogens is 388 g/mol. The van der Waals surface area contributed by atoms with Crippen LogP contribution in [0.4, 0.5) is 4.79 Å². The van der Waals surface area contributed by atoms with Crippen molar-refractivity contribution in [1.29, 1.82) is 0 Å². The smallest absolute Gasteiger partial charge is 0.339 e. The summed E-state index contributed by atoms with van der Waals surface area (Å²) in [7, 11) is 0. The molecule has 2 aliphatic rings. The lowest BCUT2D eigenvalue weighted by Crippen LogP contribution is -2.48. The number of ether oxygens (including phenoxy) is 3. The molecule has 1 aromatic rings. The van der Waals surface area contributed by atoms with Gasteiger partial charge in [0, 0.05) is 6.04 Å². The summed E-state index contributed by atoms with van der Waals surface area (Å²) in [6.45, 7) is 2.11. The van der Waals surface area contributed by atoms with Crippen LogP contribution in [0.3, 0.4) is 0 Å². The van der Waals surface area contributed by atoms with E-state index in [-0.39, 0.29) is 16.6 Å². The summed E-state index contributed by atoms with van der Waals surface area (Å²) in [6, 6.07) is 2.32. The van der Waals surface area contributed by atoms with Gasteiger partial charge in [-0.3, -0.25) is 10.1 Å². The molecule has 152 valence electrons. The summed E-state index contributed by atoms with van der Waals surface area (Å²) in [5, 5.41) is 5.20. The Morgan fingerprint density at radius 2 is 1.86 bits per heavy atom. The highest BCUT2D eigenvalue weighted by Crippen LogP contribution is 2.38. The first-order chi connectivity index (χ1) is 13.4. The van der Waals surface area contributed by atoms with E-state index in [0.717, 1.165) is 32.1 Å². The lowest BCUT2D eigenvalue weighted by atomic mass is 9.96. The van der Waals surface area contributed by atoms with Crippen molar-refractivity contribution >= 4 is 29.5 Å². The Labute approximate surface area is 167 Å². The lowest BCUT2D eigenvalue weighted by molar-refractivity contribution is -0.127. The number of fused-ring (bicyclic) bond motifs is 1. The van der Waals surface area contributed by atoms with E-state index in [1.807, 2.05) is 0 Å². The van der Waals surface area contributed by atoms with E-state index in [0.29, 0.717) is 24.7 Å². The Hall–Kier alpha value is -2.48. The van der Waals surface area contributed by atoms with Crippen molar-refractivity contribution in [2.75, 3.05) is 13.2 Å². The lowest BCUT2D eigenvalue weighted by Gasteiger charge is -2.23. The van der Waals surface area contributed by atoms with E-state index in [9.17, 15) is 14.4 Å². The number of rotatable bonds is 4. The molecule has 28 heavy (non-hydrogen) atoms. The maximum absolute atomic E-state index is 12.3. The molecule has 0 radical (unpaired) electrons. The summed E-state index contributed by atoms with van der Waals surface area (Å²) in [4.78, 5) is 36.4. The summed E-state index contributed by atoms with van der Waals surface area (Å²) < 4.78 is 16.0. The number of esters is 1. The minimum absolute atomic E-state index is 0.0688. The highest BCUT2D eigenvalue weighted by molar-refractivity contribution is 6.32. The first kappa shape index (κ1) is 20.3. The summed E-state index contributed by atoms with van der Waals surface area (Å²) in [5.41, 5.74) is 0.126. The molecule has 0 spiro atoms. The summed E-state index contributed by atoms with van der Waals surface area (Å²) >= 11 is 6.11. The largest absolute Gasteiger partial charge is 0.486 e. The number of hydrogen-bond acceptors (Lipinski definition) is 6. The van der Waals surface area contributed by atoms with Crippen LogP contribution < -0.4 is 20.1 Å². The van der Waals surface area contributed by atoms with Crippen LogP contribution in [0.2, 0.25) is 5.02 Å². The Bertz CT molecular complexity index is 763.